The molecule has 0 bridgehead atoms. The van der Waals surface area contributed by atoms with Crippen molar-refractivity contribution in [1.29, 1.82) is 0 Å². The molecule has 1 spiro atoms. The summed E-state index contributed by atoms with van der Waals surface area (Å²) in [5.41, 5.74) is 1.89. The minimum atomic E-state index is 0.0675. The molecule has 5 aliphatic rings. The molecule has 2 saturated carbocycles. The molecule has 0 unspecified atom stereocenters. The zero-order chi connectivity index (χ0) is 21.1. The summed E-state index contributed by atoms with van der Waals surface area (Å²) < 4.78 is 12.1. The molecule has 0 radical (unpaired) electrons. The van der Waals surface area contributed by atoms with Gasteiger partial charge in [0, 0.05) is 12.5 Å². The van der Waals surface area contributed by atoms with E-state index in [0.29, 0.717) is 17.3 Å². The van der Waals surface area contributed by atoms with Crippen molar-refractivity contribution in [1.82, 2.24) is 4.90 Å². The van der Waals surface area contributed by atoms with Crippen molar-refractivity contribution in [2.45, 2.75) is 70.0 Å². The largest absolute Gasteiger partial charge is 0.462 e. The van der Waals surface area contributed by atoms with Crippen molar-refractivity contribution in [2.75, 3.05) is 26.2 Å². The quantitative estimate of drug-likeness (QED) is 0.529. The van der Waals surface area contributed by atoms with E-state index in [1.54, 1.807) is 0 Å². The number of epoxide rings is 1. The molecule has 1 aromatic rings. The lowest BCUT2D eigenvalue weighted by Crippen LogP contribution is -2.51. The molecule has 5 fully saturated rings. The van der Waals surface area contributed by atoms with Gasteiger partial charge in [0.15, 0.2) is 0 Å². The molecule has 3 aliphatic heterocycles. The third-order valence-electron chi connectivity index (χ3n) is 9.61. The van der Waals surface area contributed by atoms with Gasteiger partial charge >= 0.3 is 5.97 Å². The fourth-order valence-corrected chi connectivity index (χ4v) is 7.76. The first-order valence-corrected chi connectivity index (χ1v) is 12.7. The third-order valence-corrected chi connectivity index (χ3v) is 9.61. The molecule has 4 heteroatoms. The highest BCUT2D eigenvalue weighted by Crippen LogP contribution is 2.62. The van der Waals surface area contributed by atoms with Gasteiger partial charge < -0.3 is 14.4 Å². The number of benzene rings is 1. The Hall–Kier alpha value is -1.39. The van der Waals surface area contributed by atoms with Gasteiger partial charge in [-0.05, 0) is 87.3 Å². The lowest BCUT2D eigenvalue weighted by atomic mass is 9.53. The van der Waals surface area contributed by atoms with Crippen LogP contribution in [0.1, 0.15) is 57.4 Å². The van der Waals surface area contributed by atoms with Crippen LogP contribution in [0, 0.1) is 29.1 Å². The van der Waals surface area contributed by atoms with Gasteiger partial charge in [0.1, 0.15) is 6.10 Å². The second kappa shape index (κ2) is 7.59. The van der Waals surface area contributed by atoms with Crippen LogP contribution in [0.25, 0.3) is 0 Å². The topological polar surface area (TPSA) is 42.1 Å². The van der Waals surface area contributed by atoms with Crippen molar-refractivity contribution >= 4 is 5.97 Å². The van der Waals surface area contributed by atoms with Gasteiger partial charge in [-0.1, -0.05) is 37.3 Å². The zero-order valence-electron chi connectivity index (χ0n) is 18.9. The Kier molecular flexibility index (Phi) is 4.95. The van der Waals surface area contributed by atoms with E-state index >= 15 is 0 Å². The second-order valence-corrected chi connectivity index (χ2v) is 11.5. The molecule has 6 rings (SSSR count). The summed E-state index contributed by atoms with van der Waals surface area (Å²) in [6.45, 7) is 6.52. The maximum absolute atomic E-state index is 12.9. The average Bonchev–Trinajstić information content (AvgIpc) is 3.47. The maximum atomic E-state index is 12.9. The van der Waals surface area contributed by atoms with Crippen molar-refractivity contribution in [3.05, 3.63) is 35.9 Å². The monoisotopic (exact) mass is 423 g/mol. The van der Waals surface area contributed by atoms with Crippen molar-refractivity contribution in [3.8, 4) is 0 Å². The predicted molar refractivity (Wildman–Crippen MR) is 120 cm³/mol. The molecule has 4 nitrogen and oxygen atoms in total. The number of rotatable bonds is 4. The molecule has 3 heterocycles. The Morgan fingerprint density at radius 3 is 2.65 bits per heavy atom. The summed E-state index contributed by atoms with van der Waals surface area (Å²) in [7, 11) is 0. The zero-order valence-corrected chi connectivity index (χ0v) is 18.9. The molecule has 0 N–H and O–H groups in total. The number of nitrogens with zero attached hydrogens (tertiary/aromatic N) is 1. The number of piperidine rings is 1. The van der Waals surface area contributed by atoms with Crippen molar-refractivity contribution in [2.24, 2.45) is 29.1 Å². The highest BCUT2D eigenvalue weighted by Gasteiger charge is 2.65. The van der Waals surface area contributed by atoms with Crippen LogP contribution >= 0.6 is 0 Å². The highest BCUT2D eigenvalue weighted by atomic mass is 16.6. The second-order valence-electron chi connectivity index (χ2n) is 11.5. The minimum absolute atomic E-state index is 0.0675. The lowest BCUT2D eigenvalue weighted by molar-refractivity contribution is -0.147. The number of likely N-dealkylation sites (tertiary alicyclic amines) is 1. The van der Waals surface area contributed by atoms with Gasteiger partial charge in [-0.25, -0.2) is 0 Å². The highest BCUT2D eigenvalue weighted by molar-refractivity contribution is 5.75. The summed E-state index contributed by atoms with van der Waals surface area (Å²) >= 11 is 0. The van der Waals surface area contributed by atoms with Gasteiger partial charge in [-0.2, -0.15) is 0 Å². The molecule has 168 valence electrons. The van der Waals surface area contributed by atoms with E-state index in [4.69, 9.17) is 9.47 Å². The fourth-order valence-electron chi connectivity index (χ4n) is 7.76. The summed E-state index contributed by atoms with van der Waals surface area (Å²) in [5, 5.41) is 0. The number of fused-ring (bicyclic) bond motifs is 3. The third kappa shape index (κ3) is 3.64. The van der Waals surface area contributed by atoms with Crippen LogP contribution in [0.4, 0.5) is 0 Å². The number of carbonyl (C=O) groups is 1. The van der Waals surface area contributed by atoms with E-state index in [1.165, 1.54) is 44.1 Å². The molecule has 6 atom stereocenters. The Balaban J connectivity index is 1.08. The molecular weight excluding hydrogens is 386 g/mol. The lowest BCUT2D eigenvalue weighted by Gasteiger charge is -2.51. The standard InChI is InChI=1S/C27H37NO3/c1-26-10-5-11-27(18-30-27)24(26)15-21-22(25(29)31-23(21)16-26)17-28-12-8-20(9-13-28)14-19-6-3-2-4-7-19/h2-4,6-7,20-24H,5,8-18H2,1H3/t21-,22+,23+,24+,26+,27+/m0/s1. The predicted octanol–water partition coefficient (Wildman–Crippen LogP) is 4.47. The van der Waals surface area contributed by atoms with Crippen LogP contribution in [0.15, 0.2) is 30.3 Å². The van der Waals surface area contributed by atoms with Crippen molar-refractivity contribution < 1.29 is 14.3 Å². The fraction of sp³-hybridized carbons (Fsp3) is 0.741. The van der Waals surface area contributed by atoms with Crippen LogP contribution in [0.5, 0.6) is 0 Å². The Morgan fingerprint density at radius 1 is 1.13 bits per heavy atom. The van der Waals surface area contributed by atoms with Crippen molar-refractivity contribution in [3.63, 3.8) is 0 Å². The summed E-state index contributed by atoms with van der Waals surface area (Å²) in [6, 6.07) is 10.9. The maximum Gasteiger partial charge on any atom is 0.310 e. The van der Waals surface area contributed by atoms with Crippen LogP contribution in [0.3, 0.4) is 0 Å². The molecule has 1 aromatic carbocycles. The van der Waals surface area contributed by atoms with Gasteiger partial charge in [0.2, 0.25) is 0 Å². The van der Waals surface area contributed by atoms with Crippen LogP contribution in [-0.4, -0.2) is 48.8 Å². The van der Waals surface area contributed by atoms with Crippen LogP contribution in [0.2, 0.25) is 0 Å². The average molecular weight is 424 g/mol. The molecule has 2 aliphatic carbocycles. The van der Waals surface area contributed by atoms with Gasteiger partial charge in [0.05, 0.1) is 18.1 Å². The van der Waals surface area contributed by atoms with Gasteiger partial charge in [0.25, 0.3) is 0 Å². The Morgan fingerprint density at radius 2 is 1.90 bits per heavy atom. The van der Waals surface area contributed by atoms with Gasteiger partial charge in [-0.3, -0.25) is 4.79 Å². The van der Waals surface area contributed by atoms with Gasteiger partial charge in [-0.15, -0.1) is 0 Å². The van der Waals surface area contributed by atoms with Crippen LogP contribution in [-0.2, 0) is 20.7 Å². The Bertz CT molecular complexity index is 813. The summed E-state index contributed by atoms with van der Waals surface area (Å²) in [5.74, 6) is 1.93. The number of ether oxygens (including phenoxy) is 2. The van der Waals surface area contributed by atoms with E-state index < -0.39 is 0 Å². The number of hydrogen-bond acceptors (Lipinski definition) is 4. The number of hydrogen-bond donors (Lipinski definition) is 0. The first-order chi connectivity index (χ1) is 15.0. The van der Waals surface area contributed by atoms with E-state index in [-0.39, 0.29) is 23.6 Å². The SMILES string of the molecule is C[C@]12CCC[C@@]3(CO3)[C@@H]1C[C@@H]1[C@@H](C2)OC(=O)[C@@H]1CN1CCC(Cc2ccccc2)CC1. The van der Waals surface area contributed by atoms with Crippen LogP contribution < -0.4 is 0 Å². The first kappa shape index (κ1) is 20.2. The minimum Gasteiger partial charge on any atom is -0.462 e. The van der Waals surface area contributed by atoms with E-state index in [1.807, 2.05) is 0 Å². The van der Waals surface area contributed by atoms with E-state index in [0.717, 1.165) is 45.0 Å². The normalized spacial score (nSPS) is 42.8. The Labute approximate surface area is 186 Å². The number of esters is 1. The molecule has 0 aromatic heterocycles. The first-order valence-electron chi connectivity index (χ1n) is 12.7. The molecule has 3 saturated heterocycles. The molecule has 31 heavy (non-hydrogen) atoms. The summed E-state index contributed by atoms with van der Waals surface area (Å²) in [4.78, 5) is 15.5. The number of carbonyl (C=O) groups excluding carboxylic acids is 1. The molecule has 0 amide bonds. The van der Waals surface area contributed by atoms with E-state index in [2.05, 4.69) is 42.2 Å². The van der Waals surface area contributed by atoms with E-state index in [9.17, 15) is 4.79 Å². The molecular formula is C27H37NO3. The smallest absolute Gasteiger partial charge is 0.310 e. The summed E-state index contributed by atoms with van der Waals surface area (Å²) in [6.07, 6.45) is 9.74.